The highest BCUT2D eigenvalue weighted by atomic mass is 16.5. The van der Waals surface area contributed by atoms with Crippen LogP contribution in [0.25, 0.3) is 0 Å². The summed E-state index contributed by atoms with van der Waals surface area (Å²) in [6.45, 7) is 5.73. The SMILES string of the molecule is CCCOC1(CNC(=NC)NCC2(CCOC)CCC2)CCCCC1. The van der Waals surface area contributed by atoms with Crippen molar-refractivity contribution in [2.45, 2.75) is 76.7 Å². The normalized spacial score (nSPS) is 22.3. The Morgan fingerprint density at radius 1 is 0.960 bits per heavy atom. The maximum Gasteiger partial charge on any atom is 0.191 e. The van der Waals surface area contributed by atoms with Crippen LogP contribution in [0.3, 0.4) is 0 Å². The van der Waals surface area contributed by atoms with Gasteiger partial charge in [0.25, 0.3) is 0 Å². The summed E-state index contributed by atoms with van der Waals surface area (Å²) in [5.74, 6) is 0.911. The number of methoxy groups -OCH3 is 1. The van der Waals surface area contributed by atoms with Gasteiger partial charge in [-0.05, 0) is 43.9 Å². The van der Waals surface area contributed by atoms with E-state index in [1.807, 2.05) is 7.05 Å². The van der Waals surface area contributed by atoms with Crippen molar-refractivity contribution < 1.29 is 9.47 Å². The second-order valence-electron chi connectivity index (χ2n) is 7.97. The largest absolute Gasteiger partial charge is 0.385 e. The minimum atomic E-state index is -0.00388. The first-order valence-corrected chi connectivity index (χ1v) is 10.2. The van der Waals surface area contributed by atoms with Crippen LogP contribution in [0.2, 0.25) is 0 Å². The Labute approximate surface area is 154 Å². The third-order valence-electron chi connectivity index (χ3n) is 6.06. The molecule has 0 spiro atoms. The zero-order valence-electron chi connectivity index (χ0n) is 16.7. The van der Waals surface area contributed by atoms with Crippen molar-refractivity contribution in [3.63, 3.8) is 0 Å². The third-order valence-corrected chi connectivity index (χ3v) is 6.06. The quantitative estimate of drug-likeness (QED) is 0.466. The Hall–Kier alpha value is -0.810. The van der Waals surface area contributed by atoms with Crippen LogP contribution < -0.4 is 10.6 Å². The van der Waals surface area contributed by atoms with Crippen LogP contribution in [0, 0.1) is 5.41 Å². The predicted octanol–water partition coefficient (Wildman–Crippen LogP) is 3.49. The van der Waals surface area contributed by atoms with E-state index in [0.717, 1.165) is 57.9 Å². The summed E-state index contributed by atoms with van der Waals surface area (Å²) < 4.78 is 11.6. The van der Waals surface area contributed by atoms with Crippen molar-refractivity contribution in [2.75, 3.05) is 40.5 Å². The van der Waals surface area contributed by atoms with Crippen molar-refractivity contribution in [2.24, 2.45) is 10.4 Å². The van der Waals surface area contributed by atoms with Crippen LogP contribution in [0.15, 0.2) is 4.99 Å². The highest BCUT2D eigenvalue weighted by Crippen LogP contribution is 2.43. The first-order chi connectivity index (χ1) is 12.2. The van der Waals surface area contributed by atoms with Gasteiger partial charge in [0.2, 0.25) is 0 Å². The third kappa shape index (κ3) is 6.14. The molecular weight excluding hydrogens is 314 g/mol. The fourth-order valence-electron chi connectivity index (χ4n) is 4.13. The minimum Gasteiger partial charge on any atom is -0.385 e. The lowest BCUT2D eigenvalue weighted by Gasteiger charge is -2.42. The first-order valence-electron chi connectivity index (χ1n) is 10.2. The van der Waals surface area contributed by atoms with E-state index in [2.05, 4.69) is 22.5 Å². The molecule has 0 unspecified atom stereocenters. The monoisotopic (exact) mass is 353 g/mol. The molecular formula is C20H39N3O2. The molecule has 0 bridgehead atoms. The number of hydrogen-bond donors (Lipinski definition) is 2. The lowest BCUT2D eigenvalue weighted by Crippen LogP contribution is -2.52. The van der Waals surface area contributed by atoms with Gasteiger partial charge < -0.3 is 20.1 Å². The van der Waals surface area contributed by atoms with E-state index in [9.17, 15) is 0 Å². The molecule has 2 aliphatic carbocycles. The van der Waals surface area contributed by atoms with Gasteiger partial charge in [-0.25, -0.2) is 0 Å². The van der Waals surface area contributed by atoms with Crippen LogP contribution in [0.1, 0.15) is 71.1 Å². The number of hydrogen-bond acceptors (Lipinski definition) is 3. The molecule has 0 aliphatic heterocycles. The van der Waals surface area contributed by atoms with E-state index < -0.39 is 0 Å². The molecule has 0 heterocycles. The predicted molar refractivity (Wildman–Crippen MR) is 104 cm³/mol. The molecule has 2 fully saturated rings. The molecule has 5 heteroatoms. The van der Waals surface area contributed by atoms with Crippen molar-refractivity contribution in [3.8, 4) is 0 Å². The standard InChI is InChI=1S/C20H39N3O2/c1-4-14-25-20(11-6-5-7-12-20)17-23-18(21-2)22-16-19(9-8-10-19)13-15-24-3/h4-17H2,1-3H3,(H2,21,22,23). The molecule has 0 amide bonds. The molecule has 0 aromatic heterocycles. The first kappa shape index (κ1) is 20.5. The summed E-state index contributed by atoms with van der Waals surface area (Å²) in [5, 5.41) is 7.11. The highest BCUT2D eigenvalue weighted by molar-refractivity contribution is 5.79. The molecule has 25 heavy (non-hydrogen) atoms. The minimum absolute atomic E-state index is 0.00388. The summed E-state index contributed by atoms with van der Waals surface area (Å²) in [7, 11) is 3.65. The number of aliphatic imine (C=N–C) groups is 1. The molecule has 2 rings (SSSR count). The Morgan fingerprint density at radius 2 is 1.68 bits per heavy atom. The maximum atomic E-state index is 6.28. The molecule has 146 valence electrons. The Bertz CT molecular complexity index is 402. The van der Waals surface area contributed by atoms with Crippen LogP contribution in [0.4, 0.5) is 0 Å². The number of rotatable bonds is 10. The molecule has 5 nitrogen and oxygen atoms in total. The van der Waals surface area contributed by atoms with E-state index >= 15 is 0 Å². The summed E-state index contributed by atoms with van der Waals surface area (Å²) in [6, 6.07) is 0. The summed E-state index contributed by atoms with van der Waals surface area (Å²) in [4.78, 5) is 4.43. The van der Waals surface area contributed by atoms with E-state index in [4.69, 9.17) is 9.47 Å². The zero-order valence-corrected chi connectivity index (χ0v) is 16.7. The van der Waals surface area contributed by atoms with Crippen LogP contribution in [-0.2, 0) is 9.47 Å². The molecule has 0 aromatic rings. The Balaban J connectivity index is 1.81. The lowest BCUT2D eigenvalue weighted by molar-refractivity contribution is -0.0657. The van der Waals surface area contributed by atoms with Gasteiger partial charge in [0.05, 0.1) is 5.60 Å². The Morgan fingerprint density at radius 3 is 2.24 bits per heavy atom. The second kappa shape index (κ2) is 10.4. The van der Waals surface area contributed by atoms with Gasteiger partial charge in [0, 0.05) is 40.5 Å². The van der Waals surface area contributed by atoms with Gasteiger partial charge in [-0.2, -0.15) is 0 Å². The highest BCUT2D eigenvalue weighted by Gasteiger charge is 2.37. The fourth-order valence-corrected chi connectivity index (χ4v) is 4.13. The molecule has 0 aromatic carbocycles. The average Bonchev–Trinajstić information content (AvgIpc) is 2.62. The van der Waals surface area contributed by atoms with Crippen LogP contribution in [-0.4, -0.2) is 52.0 Å². The van der Waals surface area contributed by atoms with Gasteiger partial charge in [-0.3, -0.25) is 4.99 Å². The van der Waals surface area contributed by atoms with E-state index in [-0.39, 0.29) is 5.60 Å². The molecule has 0 atom stereocenters. The van der Waals surface area contributed by atoms with Gasteiger partial charge >= 0.3 is 0 Å². The van der Waals surface area contributed by atoms with Crippen LogP contribution in [0.5, 0.6) is 0 Å². The molecule has 2 saturated carbocycles. The second-order valence-corrected chi connectivity index (χ2v) is 7.97. The van der Waals surface area contributed by atoms with Crippen molar-refractivity contribution in [1.82, 2.24) is 10.6 Å². The van der Waals surface area contributed by atoms with Gasteiger partial charge in [0.15, 0.2) is 5.96 Å². The van der Waals surface area contributed by atoms with Gasteiger partial charge in [-0.15, -0.1) is 0 Å². The number of nitrogens with one attached hydrogen (secondary N) is 2. The van der Waals surface area contributed by atoms with Gasteiger partial charge in [-0.1, -0.05) is 32.6 Å². The zero-order chi connectivity index (χ0) is 18.0. The topological polar surface area (TPSA) is 54.9 Å². The summed E-state index contributed by atoms with van der Waals surface area (Å²) in [6.07, 6.45) is 12.4. The Kier molecular flexibility index (Phi) is 8.50. The van der Waals surface area contributed by atoms with E-state index in [1.165, 1.54) is 38.5 Å². The number of ether oxygens (including phenoxy) is 2. The average molecular weight is 354 g/mol. The molecule has 2 N–H and O–H groups in total. The van der Waals surface area contributed by atoms with Crippen molar-refractivity contribution in [1.29, 1.82) is 0 Å². The number of guanidine groups is 1. The smallest absolute Gasteiger partial charge is 0.191 e. The van der Waals surface area contributed by atoms with E-state index in [1.54, 1.807) is 7.11 Å². The molecule has 0 radical (unpaired) electrons. The summed E-state index contributed by atoms with van der Waals surface area (Å²) in [5.41, 5.74) is 0.394. The number of nitrogens with zero attached hydrogens (tertiary/aromatic N) is 1. The fraction of sp³-hybridized carbons (Fsp3) is 0.950. The van der Waals surface area contributed by atoms with Gasteiger partial charge in [0.1, 0.15) is 0 Å². The molecule has 2 aliphatic rings. The lowest BCUT2D eigenvalue weighted by atomic mass is 9.67. The van der Waals surface area contributed by atoms with Crippen molar-refractivity contribution >= 4 is 5.96 Å². The molecule has 0 saturated heterocycles. The summed E-state index contributed by atoms with van der Waals surface area (Å²) >= 11 is 0. The van der Waals surface area contributed by atoms with Crippen LogP contribution >= 0.6 is 0 Å². The van der Waals surface area contributed by atoms with Crippen molar-refractivity contribution in [3.05, 3.63) is 0 Å². The van der Waals surface area contributed by atoms with E-state index in [0.29, 0.717) is 5.41 Å². The maximum absolute atomic E-state index is 6.28.